The molecule has 0 spiro atoms. The molecule has 1 N–H and O–H groups in total. The topological polar surface area (TPSA) is 84.9 Å². The molecule has 1 aliphatic rings. The van der Waals surface area contributed by atoms with Gasteiger partial charge in [0.1, 0.15) is 5.57 Å². The highest BCUT2D eigenvalue weighted by Gasteiger charge is 2.39. The summed E-state index contributed by atoms with van der Waals surface area (Å²) in [4.78, 5) is 38.0. The van der Waals surface area contributed by atoms with E-state index in [4.69, 9.17) is 21.1 Å². The Hall–Kier alpha value is -3.53. The van der Waals surface area contributed by atoms with Crippen LogP contribution in [0.2, 0.25) is 5.02 Å². The summed E-state index contributed by atoms with van der Waals surface area (Å²) >= 11 is 5.97. The van der Waals surface area contributed by atoms with E-state index in [1.165, 1.54) is 25.3 Å². The minimum atomic E-state index is -4.73. The number of ether oxygens (including phenoxy) is 2. The van der Waals surface area contributed by atoms with Gasteiger partial charge in [0.15, 0.2) is 11.5 Å². The van der Waals surface area contributed by atoms with Gasteiger partial charge in [-0.05, 0) is 48.9 Å². The summed E-state index contributed by atoms with van der Waals surface area (Å²) in [5, 5.41) is 1.66. The van der Waals surface area contributed by atoms with Crippen LogP contribution < -0.4 is 19.7 Å². The number of hydrogen-bond acceptors (Lipinski definition) is 5. The molecule has 2 aromatic carbocycles. The number of methoxy groups -OCH3 is 1. The van der Waals surface area contributed by atoms with E-state index in [2.05, 4.69) is 0 Å². The molecule has 2 aromatic rings. The van der Waals surface area contributed by atoms with Crippen molar-refractivity contribution in [1.82, 2.24) is 5.32 Å². The number of hydrogen-bond donors (Lipinski definition) is 1. The molecule has 1 fully saturated rings. The number of benzene rings is 2. The highest BCUT2D eigenvalue weighted by atomic mass is 35.5. The lowest BCUT2D eigenvalue weighted by molar-refractivity contribution is -0.137. The zero-order valence-corrected chi connectivity index (χ0v) is 17.5. The number of halogens is 4. The monoisotopic (exact) mass is 468 g/mol. The van der Waals surface area contributed by atoms with Crippen LogP contribution in [0.15, 0.2) is 42.0 Å². The first kappa shape index (κ1) is 23.1. The lowest BCUT2D eigenvalue weighted by Gasteiger charge is -2.27. The van der Waals surface area contributed by atoms with Crippen LogP contribution in [0.1, 0.15) is 18.1 Å². The van der Waals surface area contributed by atoms with Crippen molar-refractivity contribution in [2.24, 2.45) is 0 Å². The van der Waals surface area contributed by atoms with Crippen molar-refractivity contribution >= 4 is 41.2 Å². The molecule has 0 bridgehead atoms. The van der Waals surface area contributed by atoms with E-state index in [9.17, 15) is 27.6 Å². The third-order valence-electron chi connectivity index (χ3n) is 4.41. The molecule has 0 radical (unpaired) electrons. The fourth-order valence-electron chi connectivity index (χ4n) is 2.95. The molecule has 1 aliphatic heterocycles. The molecule has 168 valence electrons. The molecule has 32 heavy (non-hydrogen) atoms. The lowest BCUT2D eigenvalue weighted by atomic mass is 10.1. The number of amides is 4. The largest absolute Gasteiger partial charge is 0.493 e. The van der Waals surface area contributed by atoms with Crippen LogP contribution in [-0.2, 0) is 15.8 Å². The van der Waals surface area contributed by atoms with Gasteiger partial charge in [0.2, 0.25) is 0 Å². The van der Waals surface area contributed by atoms with Crippen molar-refractivity contribution in [1.29, 1.82) is 0 Å². The predicted molar refractivity (Wildman–Crippen MR) is 110 cm³/mol. The van der Waals surface area contributed by atoms with E-state index in [1.54, 1.807) is 13.0 Å². The van der Waals surface area contributed by atoms with Crippen molar-refractivity contribution < 1.29 is 37.0 Å². The van der Waals surface area contributed by atoms with E-state index in [1.807, 2.05) is 5.32 Å². The third-order valence-corrected chi connectivity index (χ3v) is 4.73. The summed E-state index contributed by atoms with van der Waals surface area (Å²) < 4.78 is 50.0. The van der Waals surface area contributed by atoms with Crippen LogP contribution in [0.4, 0.5) is 23.7 Å². The summed E-state index contributed by atoms with van der Waals surface area (Å²) in [6.07, 6.45) is -3.55. The number of carbonyl (C=O) groups is 3. The Labute approximate surface area is 185 Å². The Morgan fingerprint density at radius 1 is 1.09 bits per heavy atom. The first-order chi connectivity index (χ1) is 15.1. The zero-order valence-electron chi connectivity index (χ0n) is 16.7. The van der Waals surface area contributed by atoms with Gasteiger partial charge in [-0.1, -0.05) is 17.7 Å². The number of rotatable bonds is 5. The highest BCUT2D eigenvalue weighted by Crippen LogP contribution is 2.37. The Morgan fingerprint density at radius 3 is 2.44 bits per heavy atom. The molecule has 11 heteroatoms. The van der Waals surface area contributed by atoms with Crippen molar-refractivity contribution in [3.8, 4) is 11.5 Å². The number of urea groups is 1. The zero-order chi connectivity index (χ0) is 23.6. The maximum absolute atomic E-state index is 13.1. The second-order valence-electron chi connectivity index (χ2n) is 6.47. The second kappa shape index (κ2) is 8.91. The van der Waals surface area contributed by atoms with Gasteiger partial charge in [0, 0.05) is 0 Å². The van der Waals surface area contributed by atoms with Crippen LogP contribution >= 0.6 is 11.6 Å². The minimum Gasteiger partial charge on any atom is -0.493 e. The molecular formula is C21H16ClF3N2O5. The summed E-state index contributed by atoms with van der Waals surface area (Å²) in [6.45, 7) is 2.08. The Kier molecular flexibility index (Phi) is 6.45. The van der Waals surface area contributed by atoms with Crippen molar-refractivity contribution in [2.75, 3.05) is 18.6 Å². The fourth-order valence-corrected chi connectivity index (χ4v) is 3.16. The summed E-state index contributed by atoms with van der Waals surface area (Å²) in [5.41, 5.74) is -1.74. The summed E-state index contributed by atoms with van der Waals surface area (Å²) in [7, 11) is 1.44. The normalized spacial score (nSPS) is 15.8. The van der Waals surface area contributed by atoms with Crippen molar-refractivity contribution in [3.63, 3.8) is 0 Å². The standard InChI is InChI=1S/C21H16ClF3N2O5/c1-3-32-17-9-11(4-7-16(17)31-2)8-13-18(28)26-20(30)27(19(13)29)15-10-12(21(23,24)25)5-6-14(15)22/h4-10H,3H2,1-2H3,(H,26,28,30)/b13-8+. The van der Waals surface area contributed by atoms with E-state index >= 15 is 0 Å². The van der Waals surface area contributed by atoms with Crippen LogP contribution in [-0.4, -0.2) is 31.6 Å². The second-order valence-corrected chi connectivity index (χ2v) is 6.87. The quantitative estimate of drug-likeness (QED) is 0.518. The number of nitrogens with one attached hydrogen (secondary N) is 1. The molecule has 1 saturated heterocycles. The summed E-state index contributed by atoms with van der Waals surface area (Å²) in [6, 6.07) is 5.57. The van der Waals surface area contributed by atoms with Gasteiger partial charge >= 0.3 is 12.2 Å². The number of barbiturate groups is 1. The first-order valence-corrected chi connectivity index (χ1v) is 9.53. The lowest BCUT2D eigenvalue weighted by Crippen LogP contribution is -2.54. The van der Waals surface area contributed by atoms with Crippen LogP contribution in [0.3, 0.4) is 0 Å². The smallest absolute Gasteiger partial charge is 0.416 e. The minimum absolute atomic E-state index is 0.279. The van der Waals surface area contributed by atoms with Gasteiger partial charge in [0.05, 0.1) is 30.0 Å². The first-order valence-electron chi connectivity index (χ1n) is 9.15. The molecule has 0 aromatic heterocycles. The predicted octanol–water partition coefficient (Wildman–Crippen LogP) is 4.43. The average molecular weight is 469 g/mol. The fraction of sp³-hybridized carbons (Fsp3) is 0.190. The van der Waals surface area contributed by atoms with Gasteiger partial charge in [-0.25, -0.2) is 9.69 Å². The highest BCUT2D eigenvalue weighted by molar-refractivity contribution is 6.42. The number of alkyl halides is 3. The number of anilines is 1. The SMILES string of the molecule is CCOc1cc(/C=C2\C(=O)NC(=O)N(c3cc(C(F)(F)F)ccc3Cl)C2=O)ccc1OC. The molecule has 4 amide bonds. The van der Waals surface area contributed by atoms with Crippen LogP contribution in [0, 0.1) is 0 Å². The Bertz CT molecular complexity index is 1130. The van der Waals surface area contributed by atoms with Gasteiger partial charge in [-0.3, -0.25) is 14.9 Å². The maximum Gasteiger partial charge on any atom is 0.416 e. The molecule has 1 heterocycles. The van der Waals surface area contributed by atoms with Gasteiger partial charge in [-0.2, -0.15) is 13.2 Å². The number of carbonyl (C=O) groups excluding carboxylic acids is 3. The van der Waals surface area contributed by atoms with E-state index in [0.29, 0.717) is 40.7 Å². The van der Waals surface area contributed by atoms with Crippen molar-refractivity contribution in [3.05, 3.63) is 58.1 Å². The number of nitrogens with zero attached hydrogens (tertiary/aromatic N) is 1. The molecule has 0 atom stereocenters. The van der Waals surface area contributed by atoms with Crippen LogP contribution in [0.25, 0.3) is 6.08 Å². The van der Waals surface area contributed by atoms with E-state index in [0.717, 1.165) is 6.07 Å². The molecule has 7 nitrogen and oxygen atoms in total. The average Bonchev–Trinajstić information content (AvgIpc) is 2.72. The molecule has 0 saturated carbocycles. The van der Waals surface area contributed by atoms with Crippen molar-refractivity contribution in [2.45, 2.75) is 13.1 Å². The van der Waals surface area contributed by atoms with E-state index in [-0.39, 0.29) is 5.02 Å². The Morgan fingerprint density at radius 2 is 1.81 bits per heavy atom. The maximum atomic E-state index is 13.1. The molecule has 0 aliphatic carbocycles. The van der Waals surface area contributed by atoms with Gasteiger partial charge in [-0.15, -0.1) is 0 Å². The van der Waals surface area contributed by atoms with Gasteiger partial charge in [0.25, 0.3) is 11.8 Å². The van der Waals surface area contributed by atoms with Crippen LogP contribution in [0.5, 0.6) is 11.5 Å². The molecular weight excluding hydrogens is 453 g/mol. The summed E-state index contributed by atoms with van der Waals surface area (Å²) in [5.74, 6) is -1.37. The molecule has 0 unspecified atom stereocenters. The van der Waals surface area contributed by atoms with E-state index < -0.39 is 40.8 Å². The third kappa shape index (κ3) is 4.54. The number of imide groups is 2. The van der Waals surface area contributed by atoms with Gasteiger partial charge < -0.3 is 9.47 Å². The molecule has 3 rings (SSSR count). The Balaban J connectivity index is 2.06.